The Morgan fingerprint density at radius 3 is 3.40 bits per heavy atom. The average Bonchev–Trinajstić information content (AvgIpc) is 2.31. The summed E-state index contributed by atoms with van der Waals surface area (Å²) in [5.74, 6) is 0.821. The molecule has 0 spiro atoms. The van der Waals surface area contributed by atoms with Gasteiger partial charge in [-0.1, -0.05) is 0 Å². The summed E-state index contributed by atoms with van der Waals surface area (Å²) in [6, 6.07) is 2.22. The van der Waals surface area contributed by atoms with Crippen LogP contribution in [0.1, 0.15) is 7.13 Å². The van der Waals surface area contributed by atoms with E-state index in [4.69, 9.17) is 5.79 Å². The molecular formula is C8H7NO. The van der Waals surface area contributed by atoms with Crippen LogP contribution >= 0.6 is 0 Å². The van der Waals surface area contributed by atoms with E-state index in [0.29, 0.717) is 11.6 Å². The molecule has 0 unspecified atom stereocenters. The van der Waals surface area contributed by atoms with Crippen molar-refractivity contribution in [2.45, 2.75) is 6.92 Å². The predicted octanol–water partition coefficient (Wildman–Crippen LogP) is 2.14. The first kappa shape index (κ1) is 4.50. The second-order valence-corrected chi connectivity index (χ2v) is 2.19. The van der Waals surface area contributed by atoms with Crippen LogP contribution in [0.4, 0.5) is 0 Å². The van der Waals surface area contributed by atoms with E-state index in [0.717, 1.165) is 11.1 Å². The average molecular weight is 134 g/mol. The van der Waals surface area contributed by atoms with Crippen LogP contribution in [0.25, 0.3) is 11.0 Å². The molecule has 2 nitrogen and oxygen atoms in total. The van der Waals surface area contributed by atoms with Gasteiger partial charge in [-0.2, -0.15) is 0 Å². The molecule has 0 saturated heterocycles. The molecule has 0 aliphatic rings. The summed E-state index contributed by atoms with van der Waals surface area (Å²) in [4.78, 5) is 3.88. The topological polar surface area (TPSA) is 26.0 Å². The molecule has 0 aliphatic heterocycles. The molecule has 0 N–H and O–H groups in total. The third kappa shape index (κ3) is 0.692. The van der Waals surface area contributed by atoms with Gasteiger partial charge in [0.1, 0.15) is 11.3 Å². The summed E-state index contributed by atoms with van der Waals surface area (Å²) in [6.07, 6.45) is 3.18. The Kier molecular flexibility index (Phi) is 0.826. The highest BCUT2D eigenvalue weighted by atomic mass is 16.3. The first-order chi connectivity index (χ1) is 5.27. The molecule has 0 amide bonds. The van der Waals surface area contributed by atoms with Crippen molar-refractivity contribution in [3.8, 4) is 0 Å². The largest absolute Gasteiger partial charge is 0.461 e. The van der Waals surface area contributed by atoms with Crippen LogP contribution in [-0.4, -0.2) is 4.98 Å². The van der Waals surface area contributed by atoms with Crippen LogP contribution in [-0.2, 0) is 0 Å². The van der Waals surface area contributed by atoms with Crippen molar-refractivity contribution < 1.29 is 5.79 Å². The first-order valence-electron chi connectivity index (χ1n) is 3.58. The lowest BCUT2D eigenvalue weighted by molar-refractivity contribution is 0.578. The molecule has 0 radical (unpaired) electrons. The van der Waals surface area contributed by atoms with Gasteiger partial charge in [-0.15, -0.1) is 0 Å². The van der Waals surface area contributed by atoms with Crippen molar-refractivity contribution in [1.82, 2.24) is 4.98 Å². The third-order valence-electron chi connectivity index (χ3n) is 1.37. The van der Waals surface area contributed by atoms with Gasteiger partial charge in [-0.25, -0.2) is 0 Å². The Hall–Kier alpha value is -1.31. The molecule has 0 aromatic carbocycles. The quantitative estimate of drug-likeness (QED) is 0.551. The summed E-state index contributed by atoms with van der Waals surface area (Å²) in [6.45, 7) is 1.86. The van der Waals surface area contributed by atoms with E-state index in [-0.39, 0.29) is 0 Å². The van der Waals surface area contributed by atoms with Crippen molar-refractivity contribution in [3.63, 3.8) is 0 Å². The highest BCUT2D eigenvalue weighted by molar-refractivity contribution is 5.76. The number of nitrogens with zero attached hydrogens (tertiary/aromatic N) is 1. The second-order valence-electron chi connectivity index (χ2n) is 2.19. The summed E-state index contributed by atoms with van der Waals surface area (Å²) in [7, 11) is 0. The van der Waals surface area contributed by atoms with Crippen LogP contribution in [0.3, 0.4) is 0 Å². The normalized spacial score (nSPS) is 11.9. The lowest BCUT2D eigenvalue weighted by Gasteiger charge is -1.81. The van der Waals surface area contributed by atoms with Crippen molar-refractivity contribution in [3.05, 3.63) is 30.3 Å². The van der Waals surface area contributed by atoms with Crippen molar-refractivity contribution in [1.29, 1.82) is 0 Å². The van der Waals surface area contributed by atoms with Gasteiger partial charge in [-0.05, 0) is 19.0 Å². The smallest absolute Gasteiger partial charge is 0.137 e. The first-order valence-corrected chi connectivity index (χ1v) is 3.08. The molecular weight excluding hydrogens is 126 g/mol. The van der Waals surface area contributed by atoms with E-state index >= 15 is 0 Å². The molecule has 0 aliphatic carbocycles. The molecule has 50 valence electrons. The van der Waals surface area contributed by atoms with Crippen LogP contribution in [0, 0.1) is 6.92 Å². The van der Waals surface area contributed by atoms with Crippen molar-refractivity contribution >= 4 is 11.0 Å². The van der Waals surface area contributed by atoms with Gasteiger partial charge in [-0.3, -0.25) is 4.98 Å². The monoisotopic (exact) mass is 134 g/mol. The Labute approximate surface area is 59.9 Å². The van der Waals surface area contributed by atoms with E-state index in [1.54, 1.807) is 6.20 Å². The zero-order chi connectivity index (χ0) is 7.84. The van der Waals surface area contributed by atoms with E-state index < -0.39 is 0 Å². The number of rotatable bonds is 0. The fourth-order valence-electron chi connectivity index (χ4n) is 0.956. The summed E-state index contributed by atoms with van der Waals surface area (Å²) >= 11 is 0. The molecule has 0 saturated carbocycles. The number of aryl methyl sites for hydroxylation is 1. The van der Waals surface area contributed by atoms with Gasteiger partial charge in [0.15, 0.2) is 0 Å². The number of pyridine rings is 1. The zero-order valence-corrected chi connectivity index (χ0v) is 5.59. The number of hydrogen-bond acceptors (Lipinski definition) is 2. The third-order valence-corrected chi connectivity index (χ3v) is 1.37. The maximum absolute atomic E-state index is 7.42. The zero-order valence-electron chi connectivity index (χ0n) is 6.59. The molecule has 2 aromatic rings. The Bertz CT molecular complexity index is 394. The fourth-order valence-corrected chi connectivity index (χ4v) is 0.956. The molecule has 0 atom stereocenters. The van der Waals surface area contributed by atoms with Crippen LogP contribution < -0.4 is 0 Å². The van der Waals surface area contributed by atoms with Gasteiger partial charge in [0.2, 0.25) is 0 Å². The number of aromatic nitrogens is 1. The molecule has 2 heteroatoms. The number of fused-ring (bicyclic) bond motifs is 1. The second kappa shape index (κ2) is 1.84. The maximum atomic E-state index is 7.42. The Morgan fingerprint density at radius 2 is 2.60 bits per heavy atom. The highest BCUT2D eigenvalue weighted by Gasteiger charge is 1.96. The molecule has 10 heavy (non-hydrogen) atoms. The predicted molar refractivity (Wildman–Crippen MR) is 38.7 cm³/mol. The van der Waals surface area contributed by atoms with Gasteiger partial charge in [0, 0.05) is 17.8 Å². The molecule has 2 aromatic heterocycles. The molecule has 0 fully saturated rings. The maximum Gasteiger partial charge on any atom is 0.137 e. The van der Waals surface area contributed by atoms with Crippen molar-refractivity contribution in [2.24, 2.45) is 0 Å². The lowest BCUT2D eigenvalue weighted by Crippen LogP contribution is -1.65. The van der Waals surface area contributed by atoms with Crippen LogP contribution in [0.15, 0.2) is 28.9 Å². The minimum atomic E-state index is 0.343. The minimum absolute atomic E-state index is 0.343. The summed E-state index contributed by atoms with van der Waals surface area (Å²) < 4.78 is 12.7. The van der Waals surface area contributed by atoms with Crippen LogP contribution in [0.2, 0.25) is 0 Å². The van der Waals surface area contributed by atoms with Gasteiger partial charge < -0.3 is 4.42 Å². The lowest BCUT2D eigenvalue weighted by atomic mass is 10.3. The van der Waals surface area contributed by atoms with Crippen molar-refractivity contribution in [2.75, 3.05) is 0 Å². The SMILES string of the molecule is [2H]c1cncc2cc(C)oc12. The van der Waals surface area contributed by atoms with Gasteiger partial charge in [0.25, 0.3) is 0 Å². The van der Waals surface area contributed by atoms with E-state index in [9.17, 15) is 0 Å². The Morgan fingerprint density at radius 1 is 1.70 bits per heavy atom. The summed E-state index contributed by atoms with van der Waals surface area (Å²) in [5, 5.41) is 0.898. The molecule has 0 bridgehead atoms. The van der Waals surface area contributed by atoms with E-state index in [1.807, 2.05) is 13.0 Å². The Balaban J connectivity index is 2.90. The highest BCUT2D eigenvalue weighted by Crippen LogP contribution is 2.15. The summed E-state index contributed by atoms with van der Waals surface area (Å²) in [5.41, 5.74) is 0.623. The molecule has 2 rings (SSSR count). The van der Waals surface area contributed by atoms with Gasteiger partial charge >= 0.3 is 0 Å². The van der Waals surface area contributed by atoms with Crippen LogP contribution in [0.5, 0.6) is 0 Å². The van der Waals surface area contributed by atoms with E-state index in [1.165, 1.54) is 6.20 Å². The fraction of sp³-hybridized carbons (Fsp3) is 0.125. The number of furan rings is 1. The number of hydrogen-bond donors (Lipinski definition) is 0. The molecule has 2 heterocycles. The standard InChI is InChI=1S/C8H7NO/c1-6-4-7-5-9-3-2-8(7)10-6/h2-5H,1H3/i2D. The minimum Gasteiger partial charge on any atom is -0.461 e. The van der Waals surface area contributed by atoms with E-state index in [2.05, 4.69) is 4.98 Å². The van der Waals surface area contributed by atoms with Gasteiger partial charge in [0.05, 0.1) is 1.37 Å².